The Bertz CT molecular complexity index is 676. The molecule has 0 aliphatic rings. The van der Waals surface area contributed by atoms with Crippen molar-refractivity contribution in [2.45, 2.75) is 19.8 Å². The van der Waals surface area contributed by atoms with Crippen molar-refractivity contribution in [1.29, 1.82) is 0 Å². The molecule has 2 rings (SSSR count). The van der Waals surface area contributed by atoms with Crippen LogP contribution in [0.25, 0.3) is 5.57 Å². The molecule has 0 heterocycles. The van der Waals surface area contributed by atoms with E-state index in [-0.39, 0.29) is 11.8 Å². The van der Waals surface area contributed by atoms with E-state index in [1.807, 2.05) is 24.3 Å². The minimum atomic E-state index is -0.386. The Kier molecular flexibility index (Phi) is 6.36. The maximum Gasteiger partial charge on any atom is 0.331 e. The first-order valence-electron chi connectivity index (χ1n) is 7.46. The van der Waals surface area contributed by atoms with Gasteiger partial charge in [0, 0.05) is 11.1 Å². The van der Waals surface area contributed by atoms with Crippen LogP contribution in [0.1, 0.15) is 24.5 Å². The largest absolute Gasteiger partial charge is 0.463 e. The molecular formula is C19H18ClFO2. The number of ether oxygens (including phenoxy) is 1. The molecule has 0 aliphatic carbocycles. The predicted molar refractivity (Wildman–Crippen MR) is 90.8 cm³/mol. The number of aryl methyl sites for hydroxylation is 1. The standard InChI is InChI=1S/C19H18ClFO2/c1-2-23-19(22)13-16(15-7-11-18(21)12-8-15)6-3-14-4-9-17(20)10-5-14/h4-5,7-13H,2-3,6H2,1H3/b16-13+. The first-order chi connectivity index (χ1) is 11.1. The van der Waals surface area contributed by atoms with Crippen molar-refractivity contribution in [3.05, 3.63) is 76.6 Å². The van der Waals surface area contributed by atoms with E-state index in [4.69, 9.17) is 16.3 Å². The molecule has 0 bridgehead atoms. The summed E-state index contributed by atoms with van der Waals surface area (Å²) >= 11 is 5.88. The third kappa shape index (κ3) is 5.53. The molecule has 0 saturated heterocycles. The maximum atomic E-state index is 13.1. The number of allylic oxidation sites excluding steroid dienone is 1. The Balaban J connectivity index is 2.17. The maximum absolute atomic E-state index is 13.1. The van der Waals surface area contributed by atoms with Crippen molar-refractivity contribution in [2.75, 3.05) is 6.61 Å². The Morgan fingerprint density at radius 3 is 2.39 bits per heavy atom. The van der Waals surface area contributed by atoms with Crippen LogP contribution in [0.4, 0.5) is 4.39 Å². The van der Waals surface area contributed by atoms with Gasteiger partial charge >= 0.3 is 5.97 Å². The highest BCUT2D eigenvalue weighted by Crippen LogP contribution is 2.22. The summed E-state index contributed by atoms with van der Waals surface area (Å²) in [5.41, 5.74) is 2.75. The molecule has 0 N–H and O–H groups in total. The van der Waals surface area contributed by atoms with E-state index in [0.717, 1.165) is 23.1 Å². The van der Waals surface area contributed by atoms with Crippen LogP contribution >= 0.6 is 11.6 Å². The number of hydrogen-bond donors (Lipinski definition) is 0. The number of carbonyl (C=O) groups excluding carboxylic acids is 1. The van der Waals surface area contributed by atoms with E-state index < -0.39 is 0 Å². The second-order valence-electron chi connectivity index (χ2n) is 5.05. The van der Waals surface area contributed by atoms with Crippen LogP contribution in [0.3, 0.4) is 0 Å². The average Bonchev–Trinajstić information content (AvgIpc) is 2.54. The first-order valence-corrected chi connectivity index (χ1v) is 7.84. The first kappa shape index (κ1) is 17.2. The van der Waals surface area contributed by atoms with Crippen LogP contribution in [-0.2, 0) is 16.0 Å². The van der Waals surface area contributed by atoms with E-state index in [2.05, 4.69) is 0 Å². The summed E-state index contributed by atoms with van der Waals surface area (Å²) in [4.78, 5) is 11.8. The summed E-state index contributed by atoms with van der Waals surface area (Å²) in [7, 11) is 0. The number of carbonyl (C=O) groups is 1. The second-order valence-corrected chi connectivity index (χ2v) is 5.49. The summed E-state index contributed by atoms with van der Waals surface area (Å²) in [6, 6.07) is 13.7. The van der Waals surface area contributed by atoms with Gasteiger partial charge < -0.3 is 4.74 Å². The van der Waals surface area contributed by atoms with Gasteiger partial charge in [-0.2, -0.15) is 0 Å². The highest BCUT2D eigenvalue weighted by molar-refractivity contribution is 6.30. The van der Waals surface area contributed by atoms with Gasteiger partial charge in [-0.3, -0.25) is 0 Å². The summed E-state index contributed by atoms with van der Waals surface area (Å²) in [5.74, 6) is -0.690. The highest BCUT2D eigenvalue weighted by Gasteiger charge is 2.07. The van der Waals surface area contributed by atoms with Crippen LogP contribution in [0, 0.1) is 5.82 Å². The molecule has 120 valence electrons. The molecule has 0 aliphatic heterocycles. The van der Waals surface area contributed by atoms with Crippen LogP contribution in [0.5, 0.6) is 0 Å². The smallest absolute Gasteiger partial charge is 0.331 e. The zero-order chi connectivity index (χ0) is 16.7. The number of benzene rings is 2. The van der Waals surface area contributed by atoms with Crippen LogP contribution in [-0.4, -0.2) is 12.6 Å². The van der Waals surface area contributed by atoms with Gasteiger partial charge in [0.05, 0.1) is 6.61 Å². The van der Waals surface area contributed by atoms with E-state index in [0.29, 0.717) is 18.1 Å². The molecule has 2 nitrogen and oxygen atoms in total. The highest BCUT2D eigenvalue weighted by atomic mass is 35.5. The molecule has 4 heteroatoms. The Morgan fingerprint density at radius 2 is 1.78 bits per heavy atom. The Hall–Kier alpha value is -2.13. The van der Waals surface area contributed by atoms with Gasteiger partial charge in [-0.25, -0.2) is 9.18 Å². The molecule has 0 spiro atoms. The minimum absolute atomic E-state index is 0.304. The molecule has 0 amide bonds. The summed E-state index contributed by atoms with van der Waals surface area (Å²) in [6.07, 6.45) is 2.87. The Labute approximate surface area is 140 Å². The molecule has 0 unspecified atom stereocenters. The van der Waals surface area contributed by atoms with Crippen molar-refractivity contribution in [3.63, 3.8) is 0 Å². The molecule has 23 heavy (non-hydrogen) atoms. The van der Waals surface area contributed by atoms with Gasteiger partial charge in [0.1, 0.15) is 5.82 Å². The fraction of sp³-hybridized carbons (Fsp3) is 0.211. The monoisotopic (exact) mass is 332 g/mol. The predicted octanol–water partition coefficient (Wildman–Crippen LogP) is 5.06. The van der Waals surface area contributed by atoms with Gasteiger partial charge in [0.15, 0.2) is 0 Å². The molecule has 0 atom stereocenters. The number of rotatable bonds is 6. The Morgan fingerprint density at radius 1 is 1.13 bits per heavy atom. The van der Waals surface area contributed by atoms with Crippen LogP contribution < -0.4 is 0 Å². The lowest BCUT2D eigenvalue weighted by atomic mass is 9.98. The second kappa shape index (κ2) is 8.49. The summed E-state index contributed by atoms with van der Waals surface area (Å²) in [6.45, 7) is 2.08. The SMILES string of the molecule is CCOC(=O)/C=C(\CCc1ccc(Cl)cc1)c1ccc(F)cc1. The van der Waals surface area contributed by atoms with Gasteiger partial charge in [-0.15, -0.1) is 0 Å². The van der Waals surface area contributed by atoms with Gasteiger partial charge in [0.25, 0.3) is 0 Å². The van der Waals surface area contributed by atoms with Crippen LogP contribution in [0.2, 0.25) is 5.02 Å². The van der Waals surface area contributed by atoms with E-state index in [1.54, 1.807) is 19.1 Å². The lowest BCUT2D eigenvalue weighted by molar-refractivity contribution is -0.137. The molecule has 2 aromatic carbocycles. The fourth-order valence-corrected chi connectivity index (χ4v) is 2.35. The molecule has 0 aromatic heterocycles. The molecule has 0 saturated carbocycles. The third-order valence-corrected chi connectivity index (χ3v) is 3.64. The van der Waals surface area contributed by atoms with Gasteiger partial charge in [0.2, 0.25) is 0 Å². The summed E-state index contributed by atoms with van der Waals surface area (Å²) < 4.78 is 18.1. The lowest BCUT2D eigenvalue weighted by Crippen LogP contribution is -2.02. The van der Waals surface area contributed by atoms with Gasteiger partial charge in [-0.05, 0) is 60.7 Å². The van der Waals surface area contributed by atoms with E-state index in [1.165, 1.54) is 18.2 Å². The van der Waals surface area contributed by atoms with Gasteiger partial charge in [-0.1, -0.05) is 35.9 Å². The van der Waals surface area contributed by atoms with E-state index in [9.17, 15) is 9.18 Å². The fourth-order valence-electron chi connectivity index (χ4n) is 2.22. The molecule has 2 aromatic rings. The van der Waals surface area contributed by atoms with Crippen molar-refractivity contribution >= 4 is 23.1 Å². The zero-order valence-electron chi connectivity index (χ0n) is 12.9. The van der Waals surface area contributed by atoms with Crippen molar-refractivity contribution in [2.24, 2.45) is 0 Å². The number of hydrogen-bond acceptors (Lipinski definition) is 2. The van der Waals surface area contributed by atoms with E-state index >= 15 is 0 Å². The lowest BCUT2D eigenvalue weighted by Gasteiger charge is -2.09. The molecule has 0 radical (unpaired) electrons. The summed E-state index contributed by atoms with van der Waals surface area (Å²) in [5, 5.41) is 0.689. The average molecular weight is 333 g/mol. The topological polar surface area (TPSA) is 26.3 Å². The third-order valence-electron chi connectivity index (χ3n) is 3.39. The van der Waals surface area contributed by atoms with Crippen LogP contribution in [0.15, 0.2) is 54.6 Å². The molecular weight excluding hydrogens is 315 g/mol. The quantitative estimate of drug-likeness (QED) is 0.546. The number of esters is 1. The van der Waals surface area contributed by atoms with Crippen molar-refractivity contribution < 1.29 is 13.9 Å². The number of halogens is 2. The normalized spacial score (nSPS) is 11.3. The minimum Gasteiger partial charge on any atom is -0.463 e. The molecule has 0 fully saturated rings. The van der Waals surface area contributed by atoms with Crippen molar-refractivity contribution in [1.82, 2.24) is 0 Å². The van der Waals surface area contributed by atoms with Crippen molar-refractivity contribution in [3.8, 4) is 0 Å². The zero-order valence-corrected chi connectivity index (χ0v) is 13.6.